The van der Waals surface area contributed by atoms with Gasteiger partial charge in [-0.15, -0.1) is 0 Å². The molecule has 0 atom stereocenters. The average molecular weight is 525 g/mol. The molecular weight excluding hydrogens is 499 g/mol. The maximum Gasteiger partial charge on any atom is 0.254 e. The summed E-state index contributed by atoms with van der Waals surface area (Å²) in [5.41, 5.74) is 2.58. The molecule has 0 unspecified atom stereocenters. The molecule has 0 radical (unpaired) electrons. The van der Waals surface area contributed by atoms with Crippen LogP contribution in [0.3, 0.4) is 0 Å². The van der Waals surface area contributed by atoms with Crippen molar-refractivity contribution in [3.63, 3.8) is 0 Å². The minimum absolute atomic E-state index is 0.00647. The lowest BCUT2D eigenvalue weighted by atomic mass is 9.99. The van der Waals surface area contributed by atoms with Crippen LogP contribution in [0.15, 0.2) is 53.9 Å². The first-order valence-electron chi connectivity index (χ1n) is 12.0. The van der Waals surface area contributed by atoms with Crippen molar-refractivity contribution in [2.24, 2.45) is 0 Å². The molecule has 6 rings (SSSR count). The standard InChI is InChI=1S/C25H25FN6O4S/c1-16-10-22(26)21(25(33)29-18-2-3-18)11-20(16)17-12-28-32(14-17)24-13-27-23-5-4-19(15-31(23)24)37(34,35)30-6-8-36-9-7-30/h4-5,10-15,18H,2-3,6-9H2,1H3,(H,29,33). The number of nitrogens with one attached hydrogen (secondary N) is 1. The van der Waals surface area contributed by atoms with Crippen molar-refractivity contribution in [2.75, 3.05) is 26.3 Å². The molecule has 10 nitrogen and oxygen atoms in total. The minimum Gasteiger partial charge on any atom is -0.379 e. The zero-order valence-electron chi connectivity index (χ0n) is 20.1. The van der Waals surface area contributed by atoms with Gasteiger partial charge in [-0.05, 0) is 55.2 Å². The number of morpholine rings is 1. The van der Waals surface area contributed by atoms with E-state index in [0.717, 1.165) is 12.8 Å². The van der Waals surface area contributed by atoms with E-state index in [9.17, 15) is 17.6 Å². The molecular formula is C25H25FN6O4S. The Hall–Kier alpha value is -3.61. The van der Waals surface area contributed by atoms with Crippen LogP contribution in [0.2, 0.25) is 0 Å². The molecule has 0 bridgehead atoms. The molecule has 4 heterocycles. The van der Waals surface area contributed by atoms with E-state index in [2.05, 4.69) is 15.4 Å². The smallest absolute Gasteiger partial charge is 0.254 e. The summed E-state index contributed by atoms with van der Waals surface area (Å²) in [7, 11) is -3.69. The molecule has 1 N–H and O–H groups in total. The first-order valence-corrected chi connectivity index (χ1v) is 13.5. The minimum atomic E-state index is -3.69. The Balaban J connectivity index is 1.35. The van der Waals surface area contributed by atoms with Crippen LogP contribution in [-0.2, 0) is 14.8 Å². The third-order valence-electron chi connectivity index (χ3n) is 6.67. The van der Waals surface area contributed by atoms with E-state index in [4.69, 9.17) is 4.74 Å². The van der Waals surface area contributed by atoms with E-state index in [1.54, 1.807) is 52.8 Å². The molecule has 192 valence electrons. The highest BCUT2D eigenvalue weighted by Gasteiger charge is 2.28. The predicted octanol–water partition coefficient (Wildman–Crippen LogP) is 2.55. The number of nitrogens with zero attached hydrogens (tertiary/aromatic N) is 5. The monoisotopic (exact) mass is 524 g/mol. The summed E-state index contributed by atoms with van der Waals surface area (Å²) in [6, 6.07) is 6.21. The molecule has 1 saturated carbocycles. The summed E-state index contributed by atoms with van der Waals surface area (Å²) in [6.07, 6.45) is 8.32. The Labute approximate surface area is 212 Å². The van der Waals surface area contributed by atoms with Crippen molar-refractivity contribution >= 4 is 21.6 Å². The van der Waals surface area contributed by atoms with Gasteiger partial charge in [0.05, 0.1) is 36.1 Å². The molecule has 4 aromatic rings. The highest BCUT2D eigenvalue weighted by Crippen LogP contribution is 2.28. The topological polar surface area (TPSA) is 111 Å². The molecule has 2 aliphatic rings. The van der Waals surface area contributed by atoms with Crippen LogP contribution in [0.25, 0.3) is 22.6 Å². The lowest BCUT2D eigenvalue weighted by Gasteiger charge is -2.26. The Morgan fingerprint density at radius 1 is 1.14 bits per heavy atom. The molecule has 0 spiro atoms. The normalized spacial score (nSPS) is 16.8. The number of ether oxygens (including phenoxy) is 1. The van der Waals surface area contributed by atoms with Gasteiger partial charge >= 0.3 is 0 Å². The van der Waals surface area contributed by atoms with Crippen LogP contribution >= 0.6 is 0 Å². The maximum atomic E-state index is 14.6. The van der Waals surface area contributed by atoms with Gasteiger partial charge < -0.3 is 10.1 Å². The van der Waals surface area contributed by atoms with Crippen LogP contribution in [0, 0.1) is 12.7 Å². The largest absolute Gasteiger partial charge is 0.379 e. The van der Waals surface area contributed by atoms with E-state index in [-0.39, 0.29) is 16.5 Å². The number of carbonyl (C=O) groups excluding carboxylic acids is 1. The number of pyridine rings is 1. The first kappa shape index (κ1) is 23.8. The number of aryl methyl sites for hydroxylation is 1. The van der Waals surface area contributed by atoms with Gasteiger partial charge in [-0.25, -0.2) is 22.5 Å². The van der Waals surface area contributed by atoms with Crippen molar-refractivity contribution in [3.05, 3.63) is 66.0 Å². The molecule has 1 saturated heterocycles. The van der Waals surface area contributed by atoms with E-state index < -0.39 is 21.7 Å². The quantitative estimate of drug-likeness (QED) is 0.415. The van der Waals surface area contributed by atoms with Crippen molar-refractivity contribution in [1.82, 2.24) is 28.8 Å². The molecule has 12 heteroatoms. The molecule has 1 aromatic carbocycles. The zero-order valence-corrected chi connectivity index (χ0v) is 20.9. The SMILES string of the molecule is Cc1cc(F)c(C(=O)NC2CC2)cc1-c1cnn(-c2cnc3ccc(S(=O)(=O)N4CCOCC4)cn23)c1. The van der Waals surface area contributed by atoms with E-state index in [0.29, 0.717) is 54.5 Å². The Kier molecular flexibility index (Phi) is 5.81. The van der Waals surface area contributed by atoms with Gasteiger partial charge in [0, 0.05) is 37.1 Å². The lowest BCUT2D eigenvalue weighted by Crippen LogP contribution is -2.40. The van der Waals surface area contributed by atoms with Crippen molar-refractivity contribution in [2.45, 2.75) is 30.7 Å². The summed E-state index contributed by atoms with van der Waals surface area (Å²) in [4.78, 5) is 17.1. The fraction of sp³-hybridized carbons (Fsp3) is 0.320. The summed E-state index contributed by atoms with van der Waals surface area (Å²) < 4.78 is 50.8. The lowest BCUT2D eigenvalue weighted by molar-refractivity contribution is 0.0730. The number of halogens is 1. The second-order valence-corrected chi connectivity index (χ2v) is 11.2. The second-order valence-electron chi connectivity index (χ2n) is 9.29. The number of sulfonamides is 1. The zero-order chi connectivity index (χ0) is 25.7. The van der Waals surface area contributed by atoms with E-state index in [1.807, 2.05) is 0 Å². The number of benzene rings is 1. The third kappa shape index (κ3) is 4.41. The van der Waals surface area contributed by atoms with Gasteiger partial charge in [0.2, 0.25) is 10.0 Å². The van der Waals surface area contributed by atoms with E-state index >= 15 is 0 Å². The Morgan fingerprint density at radius 2 is 1.92 bits per heavy atom. The molecule has 1 aliphatic heterocycles. The molecule has 37 heavy (non-hydrogen) atoms. The fourth-order valence-corrected chi connectivity index (χ4v) is 5.85. The van der Waals surface area contributed by atoms with Crippen LogP contribution in [0.1, 0.15) is 28.8 Å². The van der Waals surface area contributed by atoms with Crippen molar-refractivity contribution in [1.29, 1.82) is 0 Å². The van der Waals surface area contributed by atoms with Gasteiger partial charge in [0.1, 0.15) is 11.5 Å². The molecule has 1 aliphatic carbocycles. The summed E-state index contributed by atoms with van der Waals surface area (Å²) >= 11 is 0. The summed E-state index contributed by atoms with van der Waals surface area (Å²) in [5.74, 6) is -0.459. The van der Waals surface area contributed by atoms with Crippen LogP contribution in [0.4, 0.5) is 4.39 Å². The third-order valence-corrected chi connectivity index (χ3v) is 8.55. The van der Waals surface area contributed by atoms with Gasteiger partial charge in [0.15, 0.2) is 5.82 Å². The number of aromatic nitrogens is 4. The number of fused-ring (bicyclic) bond motifs is 1. The van der Waals surface area contributed by atoms with Gasteiger partial charge in [0.25, 0.3) is 5.91 Å². The number of carbonyl (C=O) groups is 1. The number of amides is 1. The average Bonchev–Trinajstić information content (AvgIpc) is 3.40. The van der Waals surface area contributed by atoms with Crippen molar-refractivity contribution in [3.8, 4) is 16.9 Å². The Morgan fingerprint density at radius 3 is 2.68 bits per heavy atom. The maximum absolute atomic E-state index is 14.6. The highest BCUT2D eigenvalue weighted by atomic mass is 32.2. The summed E-state index contributed by atoms with van der Waals surface area (Å²) in [5, 5.41) is 7.28. The molecule has 2 fully saturated rings. The number of hydrogen-bond acceptors (Lipinski definition) is 6. The molecule has 3 aromatic heterocycles. The predicted molar refractivity (Wildman–Crippen MR) is 133 cm³/mol. The first-order chi connectivity index (χ1) is 17.8. The molecule has 1 amide bonds. The van der Waals surface area contributed by atoms with Crippen LogP contribution in [-0.4, -0.2) is 70.1 Å². The van der Waals surface area contributed by atoms with Crippen LogP contribution < -0.4 is 5.32 Å². The van der Waals surface area contributed by atoms with Gasteiger partial charge in [-0.2, -0.15) is 9.40 Å². The fourth-order valence-electron chi connectivity index (χ4n) is 4.44. The van der Waals surface area contributed by atoms with E-state index in [1.165, 1.54) is 16.6 Å². The van der Waals surface area contributed by atoms with Crippen LogP contribution in [0.5, 0.6) is 0 Å². The van der Waals surface area contributed by atoms with Gasteiger partial charge in [-0.1, -0.05) is 0 Å². The van der Waals surface area contributed by atoms with Gasteiger partial charge in [-0.3, -0.25) is 9.20 Å². The number of rotatable bonds is 6. The highest BCUT2D eigenvalue weighted by molar-refractivity contribution is 7.89. The second kappa shape index (κ2) is 9.05. The summed E-state index contributed by atoms with van der Waals surface area (Å²) in [6.45, 7) is 3.10. The number of imidazole rings is 1. The number of hydrogen-bond donors (Lipinski definition) is 1. The Bertz CT molecular complexity index is 1620. The van der Waals surface area contributed by atoms with Crippen molar-refractivity contribution < 1.29 is 22.3 Å².